The van der Waals surface area contributed by atoms with Crippen molar-refractivity contribution in [1.29, 1.82) is 5.26 Å². The third-order valence-electron chi connectivity index (χ3n) is 5.94. The highest BCUT2D eigenvalue weighted by molar-refractivity contribution is 7.89. The minimum absolute atomic E-state index is 0.176. The van der Waals surface area contributed by atoms with Crippen molar-refractivity contribution in [2.75, 3.05) is 26.2 Å². The molecule has 0 aromatic heterocycles. The number of hydrogen-bond acceptors (Lipinski definition) is 4. The fourth-order valence-corrected chi connectivity index (χ4v) is 5.66. The zero-order valence-corrected chi connectivity index (χ0v) is 17.0. The van der Waals surface area contributed by atoms with Gasteiger partial charge in [-0.2, -0.15) is 9.57 Å². The first-order chi connectivity index (χ1) is 14.0. The van der Waals surface area contributed by atoms with Crippen LogP contribution in [0.25, 0.3) is 11.1 Å². The first-order valence-corrected chi connectivity index (χ1v) is 11.4. The van der Waals surface area contributed by atoms with E-state index in [0.717, 1.165) is 17.5 Å². The van der Waals surface area contributed by atoms with Gasteiger partial charge in [-0.3, -0.25) is 4.90 Å². The van der Waals surface area contributed by atoms with Gasteiger partial charge in [0.2, 0.25) is 10.0 Å². The Morgan fingerprint density at radius 2 is 1.48 bits per heavy atom. The Balaban J connectivity index is 1.45. The van der Waals surface area contributed by atoms with Crippen LogP contribution in [0.15, 0.2) is 53.4 Å². The average molecular weight is 414 g/mol. The van der Waals surface area contributed by atoms with Crippen LogP contribution in [0.4, 0.5) is 4.39 Å². The summed E-state index contributed by atoms with van der Waals surface area (Å²) < 4.78 is 41.0. The van der Waals surface area contributed by atoms with Gasteiger partial charge in [-0.05, 0) is 54.7 Å². The second-order valence-corrected chi connectivity index (χ2v) is 9.67. The molecule has 0 N–H and O–H groups in total. The number of nitrogens with zero attached hydrogens (tertiary/aromatic N) is 3. The van der Waals surface area contributed by atoms with Gasteiger partial charge in [0.15, 0.2) is 0 Å². The molecule has 0 radical (unpaired) electrons. The van der Waals surface area contributed by atoms with Gasteiger partial charge in [-0.1, -0.05) is 24.3 Å². The van der Waals surface area contributed by atoms with Gasteiger partial charge >= 0.3 is 0 Å². The number of piperidine rings is 1. The van der Waals surface area contributed by atoms with E-state index in [9.17, 15) is 12.8 Å². The number of hydrogen-bond donors (Lipinski definition) is 0. The molecule has 0 amide bonds. The summed E-state index contributed by atoms with van der Waals surface area (Å²) in [6, 6.07) is 16.4. The van der Waals surface area contributed by atoms with Crippen molar-refractivity contribution in [3.63, 3.8) is 0 Å². The van der Waals surface area contributed by atoms with Crippen LogP contribution in [-0.2, 0) is 10.0 Å². The summed E-state index contributed by atoms with van der Waals surface area (Å²) in [4.78, 5) is 2.53. The zero-order valence-electron chi connectivity index (χ0n) is 16.2. The molecule has 2 saturated heterocycles. The Bertz CT molecular complexity index is 992. The van der Waals surface area contributed by atoms with Crippen molar-refractivity contribution in [2.45, 2.75) is 36.4 Å². The van der Waals surface area contributed by atoms with Crippen molar-refractivity contribution in [3.05, 3.63) is 54.1 Å². The van der Waals surface area contributed by atoms with Gasteiger partial charge in [0.05, 0.1) is 16.5 Å². The average Bonchev–Trinajstić information content (AvgIpc) is 3.26. The lowest BCUT2D eigenvalue weighted by Gasteiger charge is -2.33. The molecule has 0 bridgehead atoms. The molecule has 1 atom stereocenters. The monoisotopic (exact) mass is 413 g/mol. The molecule has 2 heterocycles. The summed E-state index contributed by atoms with van der Waals surface area (Å²) in [6.07, 6.45) is 1.15. The normalized spacial score (nSPS) is 21.9. The molecular weight excluding hydrogens is 389 g/mol. The molecule has 2 aromatic rings. The van der Waals surface area contributed by atoms with Crippen LogP contribution in [0.5, 0.6) is 0 Å². The van der Waals surface area contributed by atoms with E-state index >= 15 is 0 Å². The van der Waals surface area contributed by atoms with Crippen molar-refractivity contribution in [1.82, 2.24) is 9.21 Å². The highest BCUT2D eigenvalue weighted by Crippen LogP contribution is 2.28. The summed E-state index contributed by atoms with van der Waals surface area (Å²) in [7, 11) is -3.54. The van der Waals surface area contributed by atoms with Crippen LogP contribution in [0.1, 0.15) is 24.8 Å². The predicted octanol–water partition coefficient (Wildman–Crippen LogP) is 3.42. The SMILES string of the molecule is N#Cc1ccc(-c2ccc(S(=O)(=O)N3CC[C@H](N4CCC(F)CC4)C3)cc2)cc1. The summed E-state index contributed by atoms with van der Waals surface area (Å²) in [5.41, 5.74) is 2.43. The number of sulfonamides is 1. The minimum Gasteiger partial charge on any atom is -0.299 e. The molecule has 2 aliphatic heterocycles. The van der Waals surface area contributed by atoms with Crippen LogP contribution in [0.3, 0.4) is 0 Å². The second kappa shape index (κ2) is 8.23. The first-order valence-electron chi connectivity index (χ1n) is 9.96. The predicted molar refractivity (Wildman–Crippen MR) is 109 cm³/mol. The van der Waals surface area contributed by atoms with Crippen molar-refractivity contribution in [2.24, 2.45) is 0 Å². The van der Waals surface area contributed by atoms with Crippen LogP contribution in [0, 0.1) is 11.3 Å². The summed E-state index contributed by atoms with van der Waals surface area (Å²) >= 11 is 0. The summed E-state index contributed by atoms with van der Waals surface area (Å²) in [5, 5.41) is 8.90. The van der Waals surface area contributed by atoms with Crippen LogP contribution in [0.2, 0.25) is 0 Å². The molecule has 0 saturated carbocycles. The van der Waals surface area contributed by atoms with E-state index in [2.05, 4.69) is 11.0 Å². The quantitative estimate of drug-likeness (QED) is 0.770. The number of nitriles is 1. The topological polar surface area (TPSA) is 64.4 Å². The molecule has 2 fully saturated rings. The van der Waals surface area contributed by atoms with Crippen molar-refractivity contribution < 1.29 is 12.8 Å². The maximum atomic E-state index is 13.4. The van der Waals surface area contributed by atoms with Gasteiger partial charge < -0.3 is 0 Å². The van der Waals surface area contributed by atoms with Crippen molar-refractivity contribution in [3.8, 4) is 17.2 Å². The molecule has 29 heavy (non-hydrogen) atoms. The molecule has 0 unspecified atom stereocenters. The Hall–Kier alpha value is -2.27. The fourth-order valence-electron chi connectivity index (χ4n) is 4.17. The van der Waals surface area contributed by atoms with Gasteiger partial charge in [0.25, 0.3) is 0 Å². The molecule has 2 aromatic carbocycles. The van der Waals surface area contributed by atoms with E-state index in [-0.39, 0.29) is 10.9 Å². The standard InChI is InChI=1S/C22H24FN3O2S/c23-20-9-12-25(13-10-20)21-11-14-26(16-21)29(27,28)22-7-5-19(6-8-22)18-3-1-17(15-24)2-4-18/h1-8,20-21H,9-14,16H2/t21-/m0/s1. The minimum atomic E-state index is -3.54. The number of alkyl halides is 1. The van der Waals surface area contributed by atoms with Crippen LogP contribution >= 0.6 is 0 Å². The maximum Gasteiger partial charge on any atom is 0.243 e. The third-order valence-corrected chi connectivity index (χ3v) is 7.82. The van der Waals surface area contributed by atoms with Gasteiger partial charge in [0, 0.05) is 32.2 Å². The van der Waals surface area contributed by atoms with E-state index in [1.54, 1.807) is 40.7 Å². The number of halogens is 1. The lowest BCUT2D eigenvalue weighted by atomic mass is 10.0. The van der Waals surface area contributed by atoms with E-state index in [0.29, 0.717) is 44.6 Å². The maximum absolute atomic E-state index is 13.4. The Morgan fingerprint density at radius 1 is 0.897 bits per heavy atom. The number of benzene rings is 2. The first kappa shape index (κ1) is 20.0. The van der Waals surface area contributed by atoms with Gasteiger partial charge in [-0.15, -0.1) is 0 Å². The summed E-state index contributed by atoms with van der Waals surface area (Å²) in [5.74, 6) is 0. The van der Waals surface area contributed by atoms with Crippen LogP contribution < -0.4 is 0 Å². The van der Waals surface area contributed by atoms with Crippen molar-refractivity contribution >= 4 is 10.0 Å². The molecule has 4 rings (SSSR count). The lowest BCUT2D eigenvalue weighted by molar-refractivity contribution is 0.116. The Kier molecular flexibility index (Phi) is 5.68. The van der Waals surface area contributed by atoms with E-state index in [1.807, 2.05) is 12.1 Å². The van der Waals surface area contributed by atoms with Crippen LogP contribution in [-0.4, -0.2) is 56.0 Å². The highest BCUT2D eigenvalue weighted by atomic mass is 32.2. The smallest absolute Gasteiger partial charge is 0.243 e. The Labute approximate surface area is 171 Å². The highest BCUT2D eigenvalue weighted by Gasteiger charge is 2.36. The largest absolute Gasteiger partial charge is 0.299 e. The van der Waals surface area contributed by atoms with Gasteiger partial charge in [-0.25, -0.2) is 12.8 Å². The van der Waals surface area contributed by atoms with E-state index in [1.165, 1.54) is 0 Å². The molecule has 0 spiro atoms. The van der Waals surface area contributed by atoms with Gasteiger partial charge in [0.1, 0.15) is 6.17 Å². The molecule has 2 aliphatic rings. The fraction of sp³-hybridized carbons (Fsp3) is 0.409. The molecular formula is C22H24FN3O2S. The lowest BCUT2D eigenvalue weighted by Crippen LogP contribution is -2.43. The molecule has 0 aliphatic carbocycles. The molecule has 152 valence electrons. The zero-order chi connectivity index (χ0) is 20.4. The number of likely N-dealkylation sites (tertiary alicyclic amines) is 1. The number of rotatable bonds is 4. The molecule has 5 nitrogen and oxygen atoms in total. The second-order valence-electron chi connectivity index (χ2n) is 7.73. The summed E-state index contributed by atoms with van der Waals surface area (Å²) in [6.45, 7) is 2.38. The van der Waals surface area contributed by atoms with E-state index in [4.69, 9.17) is 5.26 Å². The third kappa shape index (κ3) is 4.20. The van der Waals surface area contributed by atoms with E-state index < -0.39 is 16.2 Å². The molecule has 7 heteroatoms. The Morgan fingerprint density at radius 3 is 2.07 bits per heavy atom.